The Labute approximate surface area is 195 Å². The third-order valence-electron chi connectivity index (χ3n) is 6.03. The maximum absolute atomic E-state index is 10.8. The van der Waals surface area contributed by atoms with Gasteiger partial charge in [0.15, 0.2) is 11.5 Å². The molecule has 1 aliphatic heterocycles. The van der Waals surface area contributed by atoms with E-state index in [0.717, 1.165) is 41.3 Å². The lowest BCUT2D eigenvalue weighted by atomic mass is 10.1. The van der Waals surface area contributed by atoms with Gasteiger partial charge in [0, 0.05) is 54.8 Å². The number of ether oxygens (including phenoxy) is 1. The highest BCUT2D eigenvalue weighted by Crippen LogP contribution is 2.30. The van der Waals surface area contributed by atoms with Crippen molar-refractivity contribution in [1.29, 1.82) is 0 Å². The van der Waals surface area contributed by atoms with Crippen molar-refractivity contribution in [3.8, 4) is 34.2 Å². The second kappa shape index (κ2) is 8.27. The molecule has 5 aromatic rings. The van der Waals surface area contributed by atoms with Gasteiger partial charge in [0.25, 0.3) is 0 Å². The number of pyridine rings is 1. The van der Waals surface area contributed by atoms with E-state index < -0.39 is 0 Å². The second-order valence-corrected chi connectivity index (χ2v) is 8.22. The molecule has 0 saturated carbocycles. The Balaban J connectivity index is 1.51. The number of aromatic hydroxyl groups is 1. The molecule has 5 heterocycles. The SMILES string of the molecule is Cc1ccccc1-c1cc(O)n(-c2cc(N3CCOCC3)n3nc(-c4ccncc4)cc3n2)n1. The molecule has 0 unspecified atom stereocenters. The summed E-state index contributed by atoms with van der Waals surface area (Å²) >= 11 is 0. The fourth-order valence-electron chi connectivity index (χ4n) is 4.27. The van der Waals surface area contributed by atoms with Crippen molar-refractivity contribution in [1.82, 2.24) is 29.4 Å². The van der Waals surface area contributed by atoms with Gasteiger partial charge in [0.1, 0.15) is 5.82 Å². The summed E-state index contributed by atoms with van der Waals surface area (Å²) in [5, 5.41) is 20.3. The fraction of sp³-hybridized carbons (Fsp3) is 0.200. The molecule has 0 radical (unpaired) electrons. The van der Waals surface area contributed by atoms with Gasteiger partial charge in [-0.05, 0) is 24.6 Å². The number of fused-ring (bicyclic) bond motifs is 1. The van der Waals surface area contributed by atoms with Crippen LogP contribution in [0.1, 0.15) is 5.56 Å². The lowest BCUT2D eigenvalue weighted by Crippen LogP contribution is -2.37. The zero-order valence-electron chi connectivity index (χ0n) is 18.7. The zero-order valence-corrected chi connectivity index (χ0v) is 18.7. The van der Waals surface area contributed by atoms with E-state index in [2.05, 4.69) is 9.88 Å². The van der Waals surface area contributed by atoms with E-state index in [1.165, 1.54) is 4.68 Å². The maximum Gasteiger partial charge on any atom is 0.216 e. The number of aryl methyl sites for hydroxylation is 1. The molecular formula is C25H23N7O2. The van der Waals surface area contributed by atoms with Crippen molar-refractivity contribution in [2.45, 2.75) is 6.92 Å². The van der Waals surface area contributed by atoms with Crippen molar-refractivity contribution in [3.05, 3.63) is 72.6 Å². The van der Waals surface area contributed by atoms with E-state index in [4.69, 9.17) is 19.9 Å². The van der Waals surface area contributed by atoms with Crippen LogP contribution in [-0.2, 0) is 4.74 Å². The van der Waals surface area contributed by atoms with E-state index in [1.54, 1.807) is 18.5 Å². The zero-order chi connectivity index (χ0) is 23.1. The molecule has 1 aromatic carbocycles. The van der Waals surface area contributed by atoms with Crippen LogP contribution in [0, 0.1) is 6.92 Å². The number of rotatable bonds is 4. The standard InChI is InChI=1S/C25H23N7O2/c1-17-4-2-3-5-19(17)21-15-25(33)32(29-21)23-16-24(30-10-12-34-13-11-30)31-22(27-23)14-20(28-31)18-6-8-26-9-7-18/h2-9,14-16,33H,10-13H2,1H3. The van der Waals surface area contributed by atoms with Gasteiger partial charge < -0.3 is 14.7 Å². The Kier molecular flexibility index (Phi) is 4.96. The van der Waals surface area contributed by atoms with Crippen molar-refractivity contribution in [3.63, 3.8) is 0 Å². The van der Waals surface area contributed by atoms with Gasteiger partial charge in [0.2, 0.25) is 5.88 Å². The Bertz CT molecular complexity index is 1470. The lowest BCUT2D eigenvalue weighted by Gasteiger charge is -2.29. The summed E-state index contributed by atoms with van der Waals surface area (Å²) in [5.41, 5.74) is 5.16. The van der Waals surface area contributed by atoms with Gasteiger partial charge in [-0.15, -0.1) is 0 Å². The maximum atomic E-state index is 10.8. The highest BCUT2D eigenvalue weighted by atomic mass is 16.5. The third-order valence-corrected chi connectivity index (χ3v) is 6.03. The van der Waals surface area contributed by atoms with E-state index in [0.29, 0.717) is 30.4 Å². The number of nitrogens with zero attached hydrogens (tertiary/aromatic N) is 7. The minimum atomic E-state index is 0.0249. The van der Waals surface area contributed by atoms with Crippen molar-refractivity contribution in [2.24, 2.45) is 0 Å². The molecule has 0 amide bonds. The van der Waals surface area contributed by atoms with Gasteiger partial charge >= 0.3 is 0 Å². The molecule has 4 aromatic heterocycles. The van der Waals surface area contributed by atoms with Crippen molar-refractivity contribution >= 4 is 11.5 Å². The molecule has 9 nitrogen and oxygen atoms in total. The normalized spacial score (nSPS) is 14.1. The molecule has 170 valence electrons. The molecule has 1 fully saturated rings. The lowest BCUT2D eigenvalue weighted by molar-refractivity contribution is 0.122. The molecule has 1 aliphatic rings. The summed E-state index contributed by atoms with van der Waals surface area (Å²) < 4.78 is 8.87. The molecule has 1 saturated heterocycles. The highest BCUT2D eigenvalue weighted by Gasteiger charge is 2.21. The van der Waals surface area contributed by atoms with Crippen LogP contribution in [0.5, 0.6) is 5.88 Å². The molecule has 6 rings (SSSR count). The van der Waals surface area contributed by atoms with Crippen LogP contribution in [0.4, 0.5) is 5.82 Å². The molecule has 34 heavy (non-hydrogen) atoms. The molecule has 0 spiro atoms. The molecule has 9 heteroatoms. The molecule has 1 N–H and O–H groups in total. The Hall–Kier alpha value is -4.24. The first-order chi connectivity index (χ1) is 16.7. The summed E-state index contributed by atoms with van der Waals surface area (Å²) in [5.74, 6) is 1.42. The highest BCUT2D eigenvalue weighted by molar-refractivity contribution is 5.68. The Morgan fingerprint density at radius 3 is 2.50 bits per heavy atom. The number of morpholine rings is 1. The predicted octanol–water partition coefficient (Wildman–Crippen LogP) is 3.49. The third kappa shape index (κ3) is 3.56. The van der Waals surface area contributed by atoms with Gasteiger partial charge in [0.05, 0.1) is 24.6 Å². The Morgan fingerprint density at radius 1 is 0.912 bits per heavy atom. The van der Waals surface area contributed by atoms with E-state index in [1.807, 2.05) is 60.0 Å². The summed E-state index contributed by atoms with van der Waals surface area (Å²) in [6.07, 6.45) is 3.49. The van der Waals surface area contributed by atoms with Crippen LogP contribution in [-0.4, -0.2) is 60.8 Å². The van der Waals surface area contributed by atoms with Crippen LogP contribution in [0.3, 0.4) is 0 Å². The van der Waals surface area contributed by atoms with E-state index in [-0.39, 0.29) is 5.88 Å². The van der Waals surface area contributed by atoms with Crippen LogP contribution in [0.15, 0.2) is 67.0 Å². The molecule has 0 aliphatic carbocycles. The van der Waals surface area contributed by atoms with Crippen molar-refractivity contribution in [2.75, 3.05) is 31.2 Å². The largest absolute Gasteiger partial charge is 0.493 e. The van der Waals surface area contributed by atoms with Gasteiger partial charge in [-0.2, -0.15) is 19.4 Å². The first-order valence-electron chi connectivity index (χ1n) is 11.2. The summed E-state index contributed by atoms with van der Waals surface area (Å²) in [6, 6.07) is 17.3. The minimum absolute atomic E-state index is 0.0249. The van der Waals surface area contributed by atoms with Crippen LogP contribution < -0.4 is 4.90 Å². The summed E-state index contributed by atoms with van der Waals surface area (Å²) in [4.78, 5) is 11.1. The predicted molar refractivity (Wildman–Crippen MR) is 128 cm³/mol. The number of aromatic nitrogens is 6. The van der Waals surface area contributed by atoms with Crippen LogP contribution in [0.2, 0.25) is 0 Å². The Morgan fingerprint density at radius 2 is 1.71 bits per heavy atom. The smallest absolute Gasteiger partial charge is 0.216 e. The van der Waals surface area contributed by atoms with Crippen LogP contribution in [0.25, 0.3) is 34.0 Å². The minimum Gasteiger partial charge on any atom is -0.493 e. The molecule has 0 atom stereocenters. The summed E-state index contributed by atoms with van der Waals surface area (Å²) in [6.45, 7) is 4.79. The average Bonchev–Trinajstić information content (AvgIpc) is 3.48. The van der Waals surface area contributed by atoms with Crippen molar-refractivity contribution < 1.29 is 9.84 Å². The average molecular weight is 454 g/mol. The van der Waals surface area contributed by atoms with E-state index >= 15 is 0 Å². The van der Waals surface area contributed by atoms with Gasteiger partial charge in [-0.1, -0.05) is 24.3 Å². The number of benzene rings is 1. The van der Waals surface area contributed by atoms with Gasteiger partial charge in [-0.3, -0.25) is 4.98 Å². The quantitative estimate of drug-likeness (QED) is 0.445. The van der Waals surface area contributed by atoms with E-state index in [9.17, 15) is 5.11 Å². The first-order valence-corrected chi connectivity index (χ1v) is 11.2. The molecule has 0 bridgehead atoms. The first kappa shape index (κ1) is 20.4. The number of hydrogen-bond donors (Lipinski definition) is 1. The fourth-order valence-corrected chi connectivity index (χ4v) is 4.27. The topological polar surface area (TPSA) is 93.6 Å². The van der Waals surface area contributed by atoms with Crippen LogP contribution >= 0.6 is 0 Å². The number of anilines is 1. The number of hydrogen-bond acceptors (Lipinski definition) is 7. The second-order valence-electron chi connectivity index (χ2n) is 8.22. The summed E-state index contributed by atoms with van der Waals surface area (Å²) in [7, 11) is 0. The van der Waals surface area contributed by atoms with Gasteiger partial charge in [-0.25, -0.2) is 4.98 Å². The monoisotopic (exact) mass is 453 g/mol. The molecular weight excluding hydrogens is 430 g/mol.